The number of hydrogen-bond donors (Lipinski definition) is 1. The fourth-order valence-electron chi connectivity index (χ4n) is 2.55. The Balaban J connectivity index is 1.99. The van der Waals surface area contributed by atoms with E-state index in [0.29, 0.717) is 11.7 Å². The van der Waals surface area contributed by atoms with Crippen LogP contribution < -0.4 is 10.6 Å². The van der Waals surface area contributed by atoms with Crippen LogP contribution in [-0.2, 0) is 6.54 Å². The summed E-state index contributed by atoms with van der Waals surface area (Å²) in [5, 5.41) is 2.06. The molecule has 1 heterocycles. The quantitative estimate of drug-likeness (QED) is 0.899. The Morgan fingerprint density at radius 2 is 2.15 bits per heavy atom. The summed E-state index contributed by atoms with van der Waals surface area (Å²) in [7, 11) is 0. The van der Waals surface area contributed by atoms with E-state index in [4.69, 9.17) is 5.73 Å². The van der Waals surface area contributed by atoms with Crippen LogP contribution in [-0.4, -0.2) is 6.04 Å². The highest BCUT2D eigenvalue weighted by Gasteiger charge is 2.32. The van der Waals surface area contributed by atoms with Crippen LogP contribution in [0.25, 0.3) is 0 Å². The molecule has 1 fully saturated rings. The normalized spacial score (nSPS) is 16.1. The van der Waals surface area contributed by atoms with Crippen LogP contribution in [0.15, 0.2) is 35.7 Å². The van der Waals surface area contributed by atoms with E-state index < -0.39 is 0 Å². The average molecular weight is 290 g/mol. The summed E-state index contributed by atoms with van der Waals surface area (Å²) in [6, 6.07) is 9.65. The maximum atomic E-state index is 14.4. The third-order valence-corrected chi connectivity index (χ3v) is 4.55. The van der Waals surface area contributed by atoms with Gasteiger partial charge in [-0.25, -0.2) is 4.39 Å². The minimum absolute atomic E-state index is 0.162. The molecule has 0 aliphatic heterocycles. The van der Waals surface area contributed by atoms with Crippen molar-refractivity contribution in [3.8, 4) is 0 Å². The Labute approximate surface area is 123 Å². The number of nitrogens with two attached hydrogens (primary N) is 1. The van der Waals surface area contributed by atoms with Crippen LogP contribution in [0.4, 0.5) is 10.1 Å². The largest absolute Gasteiger partial charge is 0.361 e. The van der Waals surface area contributed by atoms with E-state index in [0.717, 1.165) is 24.9 Å². The molecule has 2 nitrogen and oxygen atoms in total. The Morgan fingerprint density at radius 3 is 2.75 bits per heavy atom. The first-order valence-corrected chi connectivity index (χ1v) is 7.88. The SMILES string of the molecule is C[C@H](N)c1cccc(F)c1N(Cc1cccs1)C1CC1. The van der Waals surface area contributed by atoms with Gasteiger partial charge in [0.1, 0.15) is 5.82 Å². The van der Waals surface area contributed by atoms with Gasteiger partial charge in [-0.3, -0.25) is 0 Å². The zero-order valence-electron chi connectivity index (χ0n) is 11.6. The Bertz CT molecular complexity index is 576. The van der Waals surface area contributed by atoms with E-state index in [1.54, 1.807) is 17.4 Å². The standard InChI is InChI=1S/C16H19FN2S/c1-11(18)14-5-2-6-15(17)16(14)19(12-7-8-12)10-13-4-3-9-20-13/h2-6,9,11-12H,7-8,10,18H2,1H3/t11-/m0/s1. The second-order valence-corrected chi connectivity index (χ2v) is 6.44. The monoisotopic (exact) mass is 290 g/mol. The highest BCUT2D eigenvalue weighted by molar-refractivity contribution is 7.09. The van der Waals surface area contributed by atoms with Gasteiger partial charge in [-0.05, 0) is 42.8 Å². The van der Waals surface area contributed by atoms with Crippen molar-refractivity contribution in [2.75, 3.05) is 4.90 Å². The number of hydrogen-bond acceptors (Lipinski definition) is 3. The number of halogens is 1. The molecular weight excluding hydrogens is 271 g/mol. The molecule has 1 saturated carbocycles. The van der Waals surface area contributed by atoms with Crippen LogP contribution in [0.1, 0.15) is 36.2 Å². The second kappa shape index (κ2) is 5.54. The smallest absolute Gasteiger partial charge is 0.146 e. The van der Waals surface area contributed by atoms with Crippen molar-refractivity contribution in [2.45, 2.75) is 38.4 Å². The molecule has 2 aromatic rings. The zero-order valence-corrected chi connectivity index (χ0v) is 12.4. The molecule has 1 aliphatic rings. The van der Waals surface area contributed by atoms with Crippen LogP contribution in [0, 0.1) is 5.82 Å². The van der Waals surface area contributed by atoms with Crippen molar-refractivity contribution in [3.63, 3.8) is 0 Å². The van der Waals surface area contributed by atoms with E-state index >= 15 is 0 Å². The van der Waals surface area contributed by atoms with E-state index in [-0.39, 0.29) is 11.9 Å². The molecule has 0 spiro atoms. The van der Waals surface area contributed by atoms with Gasteiger partial charge in [-0.1, -0.05) is 18.2 Å². The molecule has 3 rings (SSSR count). The van der Waals surface area contributed by atoms with E-state index in [2.05, 4.69) is 16.3 Å². The number of rotatable bonds is 5. The second-order valence-electron chi connectivity index (χ2n) is 5.40. The van der Waals surface area contributed by atoms with Gasteiger partial charge in [-0.15, -0.1) is 11.3 Å². The summed E-state index contributed by atoms with van der Waals surface area (Å²) in [6.45, 7) is 2.68. The molecule has 20 heavy (non-hydrogen) atoms. The number of nitrogens with zero attached hydrogens (tertiary/aromatic N) is 1. The van der Waals surface area contributed by atoms with Crippen molar-refractivity contribution in [1.82, 2.24) is 0 Å². The van der Waals surface area contributed by atoms with Gasteiger partial charge in [-0.2, -0.15) is 0 Å². The van der Waals surface area contributed by atoms with Crippen LogP contribution in [0.3, 0.4) is 0 Å². The third-order valence-electron chi connectivity index (χ3n) is 3.69. The Morgan fingerprint density at radius 1 is 1.35 bits per heavy atom. The van der Waals surface area contributed by atoms with Crippen molar-refractivity contribution in [1.29, 1.82) is 0 Å². The number of para-hydroxylation sites is 1. The minimum Gasteiger partial charge on any atom is -0.361 e. The van der Waals surface area contributed by atoms with Gasteiger partial charge in [0.2, 0.25) is 0 Å². The van der Waals surface area contributed by atoms with Gasteiger partial charge >= 0.3 is 0 Å². The van der Waals surface area contributed by atoms with Crippen molar-refractivity contribution >= 4 is 17.0 Å². The van der Waals surface area contributed by atoms with Gasteiger partial charge in [0.25, 0.3) is 0 Å². The molecule has 2 N–H and O–H groups in total. The van der Waals surface area contributed by atoms with Gasteiger partial charge in [0, 0.05) is 17.0 Å². The zero-order chi connectivity index (χ0) is 14.1. The fourth-order valence-corrected chi connectivity index (χ4v) is 3.25. The molecular formula is C16H19FN2S. The number of anilines is 1. The Hall–Kier alpha value is -1.39. The molecule has 0 saturated heterocycles. The molecule has 1 aliphatic carbocycles. The number of thiophene rings is 1. The maximum Gasteiger partial charge on any atom is 0.146 e. The summed E-state index contributed by atoms with van der Waals surface area (Å²) >= 11 is 1.72. The molecule has 1 atom stereocenters. The molecule has 106 valence electrons. The average Bonchev–Trinajstić information content (AvgIpc) is 3.13. The van der Waals surface area contributed by atoms with Gasteiger partial charge in [0.05, 0.1) is 12.2 Å². The summed E-state index contributed by atoms with van der Waals surface area (Å²) in [6.07, 6.45) is 2.27. The lowest BCUT2D eigenvalue weighted by Crippen LogP contribution is -2.28. The molecule has 0 amide bonds. The van der Waals surface area contributed by atoms with Crippen LogP contribution in [0.5, 0.6) is 0 Å². The maximum absolute atomic E-state index is 14.4. The van der Waals surface area contributed by atoms with Gasteiger partial charge < -0.3 is 10.6 Å². The first-order valence-electron chi connectivity index (χ1n) is 7.00. The lowest BCUT2D eigenvalue weighted by Gasteiger charge is -2.28. The lowest BCUT2D eigenvalue weighted by molar-refractivity contribution is 0.608. The minimum atomic E-state index is -0.164. The third kappa shape index (κ3) is 2.72. The van der Waals surface area contributed by atoms with Crippen LogP contribution in [0.2, 0.25) is 0 Å². The predicted octanol–water partition coefficient (Wildman–Crippen LogP) is 4.08. The molecule has 4 heteroatoms. The topological polar surface area (TPSA) is 29.3 Å². The van der Waals surface area contributed by atoms with E-state index in [9.17, 15) is 4.39 Å². The Kier molecular flexibility index (Phi) is 3.76. The predicted molar refractivity (Wildman–Crippen MR) is 82.5 cm³/mol. The molecule has 0 bridgehead atoms. The lowest BCUT2D eigenvalue weighted by atomic mass is 10.0. The number of benzene rings is 1. The molecule has 0 radical (unpaired) electrons. The highest BCUT2D eigenvalue weighted by Crippen LogP contribution is 2.38. The van der Waals surface area contributed by atoms with Crippen LogP contribution >= 0.6 is 11.3 Å². The van der Waals surface area contributed by atoms with Crippen molar-refractivity contribution < 1.29 is 4.39 Å². The first kappa shape index (κ1) is 13.6. The fraction of sp³-hybridized carbons (Fsp3) is 0.375. The van der Waals surface area contributed by atoms with Crippen molar-refractivity contribution in [2.24, 2.45) is 5.73 Å². The van der Waals surface area contributed by atoms with E-state index in [1.165, 1.54) is 10.9 Å². The van der Waals surface area contributed by atoms with Gasteiger partial charge in [0.15, 0.2) is 0 Å². The molecule has 1 aromatic heterocycles. The molecule has 1 aromatic carbocycles. The molecule has 0 unspecified atom stereocenters. The summed E-state index contributed by atoms with van der Waals surface area (Å²) in [5.74, 6) is -0.164. The highest BCUT2D eigenvalue weighted by atomic mass is 32.1. The first-order chi connectivity index (χ1) is 9.66. The summed E-state index contributed by atoms with van der Waals surface area (Å²) in [4.78, 5) is 3.45. The van der Waals surface area contributed by atoms with Crippen molar-refractivity contribution in [3.05, 3.63) is 52.0 Å². The van der Waals surface area contributed by atoms with E-state index in [1.807, 2.05) is 19.1 Å². The summed E-state index contributed by atoms with van der Waals surface area (Å²) in [5.41, 5.74) is 7.61. The summed E-state index contributed by atoms with van der Waals surface area (Å²) < 4.78 is 14.4.